The van der Waals surface area contributed by atoms with Crippen LogP contribution in [0.2, 0.25) is 0 Å². The molecule has 0 unspecified atom stereocenters. The van der Waals surface area contributed by atoms with Gasteiger partial charge in [0, 0.05) is 32.2 Å². The second kappa shape index (κ2) is 6.75. The quantitative estimate of drug-likeness (QED) is 0.770. The summed E-state index contributed by atoms with van der Waals surface area (Å²) in [5.41, 5.74) is 0. The van der Waals surface area contributed by atoms with Gasteiger partial charge in [0.05, 0.1) is 0 Å². The van der Waals surface area contributed by atoms with Crippen LogP contribution in [0.5, 0.6) is 0 Å². The van der Waals surface area contributed by atoms with Crippen LogP contribution in [0.15, 0.2) is 0 Å². The summed E-state index contributed by atoms with van der Waals surface area (Å²) in [4.78, 5) is 2.54. The SMILES string of the molecule is CCCCC1CCC(CN2CC(CO)C2)CC1. The van der Waals surface area contributed by atoms with Crippen molar-refractivity contribution in [2.45, 2.75) is 51.9 Å². The Balaban J connectivity index is 1.56. The van der Waals surface area contributed by atoms with Gasteiger partial charge in [-0.15, -0.1) is 0 Å². The fourth-order valence-electron chi connectivity index (χ4n) is 3.50. The van der Waals surface area contributed by atoms with Gasteiger partial charge in [-0.2, -0.15) is 0 Å². The number of likely N-dealkylation sites (tertiary alicyclic amines) is 1. The molecule has 2 fully saturated rings. The Morgan fingerprint density at radius 3 is 2.24 bits per heavy atom. The minimum absolute atomic E-state index is 0.389. The van der Waals surface area contributed by atoms with E-state index in [0.717, 1.165) is 24.9 Å². The summed E-state index contributed by atoms with van der Waals surface area (Å²) in [6.45, 7) is 6.28. The van der Waals surface area contributed by atoms with Crippen LogP contribution in [0.25, 0.3) is 0 Å². The number of hydrogen-bond acceptors (Lipinski definition) is 2. The van der Waals surface area contributed by atoms with Crippen LogP contribution in [0.4, 0.5) is 0 Å². The first-order valence-corrected chi connectivity index (χ1v) is 7.65. The highest BCUT2D eigenvalue weighted by Crippen LogP contribution is 2.33. The summed E-state index contributed by atoms with van der Waals surface area (Å²) in [5.74, 6) is 2.57. The van der Waals surface area contributed by atoms with Gasteiger partial charge in [-0.05, 0) is 24.7 Å². The van der Waals surface area contributed by atoms with Crippen LogP contribution < -0.4 is 0 Å². The topological polar surface area (TPSA) is 23.5 Å². The molecule has 2 nitrogen and oxygen atoms in total. The largest absolute Gasteiger partial charge is 0.396 e. The van der Waals surface area contributed by atoms with E-state index in [4.69, 9.17) is 5.11 Å². The van der Waals surface area contributed by atoms with Gasteiger partial charge in [-0.1, -0.05) is 39.0 Å². The van der Waals surface area contributed by atoms with E-state index in [9.17, 15) is 0 Å². The molecule has 0 spiro atoms. The Labute approximate surface area is 106 Å². The fraction of sp³-hybridized carbons (Fsp3) is 1.00. The van der Waals surface area contributed by atoms with Gasteiger partial charge in [0.1, 0.15) is 0 Å². The summed E-state index contributed by atoms with van der Waals surface area (Å²) in [7, 11) is 0. The summed E-state index contributed by atoms with van der Waals surface area (Å²) >= 11 is 0. The second-order valence-electron chi connectivity index (χ2n) is 6.30. The average molecular weight is 239 g/mol. The average Bonchev–Trinajstić information content (AvgIpc) is 2.32. The van der Waals surface area contributed by atoms with Crippen LogP contribution in [-0.2, 0) is 0 Å². The molecule has 100 valence electrons. The summed E-state index contributed by atoms with van der Waals surface area (Å²) in [6, 6.07) is 0. The lowest BCUT2D eigenvalue weighted by Crippen LogP contribution is -2.50. The molecular formula is C15H29NO. The number of nitrogens with zero attached hydrogens (tertiary/aromatic N) is 1. The molecule has 1 aliphatic heterocycles. The first-order chi connectivity index (χ1) is 8.31. The molecule has 2 aliphatic rings. The Kier molecular flexibility index (Phi) is 5.30. The zero-order valence-corrected chi connectivity index (χ0v) is 11.4. The van der Waals surface area contributed by atoms with E-state index in [1.165, 1.54) is 51.5 Å². The fourth-order valence-corrected chi connectivity index (χ4v) is 3.50. The normalized spacial score (nSPS) is 31.4. The molecule has 0 aromatic carbocycles. The third-order valence-electron chi connectivity index (χ3n) is 4.74. The lowest BCUT2D eigenvalue weighted by molar-refractivity contribution is 0.0340. The minimum atomic E-state index is 0.389. The molecule has 1 heterocycles. The molecule has 1 aliphatic carbocycles. The first-order valence-electron chi connectivity index (χ1n) is 7.65. The maximum atomic E-state index is 9.00. The Hall–Kier alpha value is -0.0800. The van der Waals surface area contributed by atoms with Crippen molar-refractivity contribution in [2.75, 3.05) is 26.2 Å². The van der Waals surface area contributed by atoms with E-state index >= 15 is 0 Å². The zero-order valence-electron chi connectivity index (χ0n) is 11.4. The van der Waals surface area contributed by atoms with Gasteiger partial charge < -0.3 is 10.0 Å². The first kappa shape index (κ1) is 13.4. The molecule has 17 heavy (non-hydrogen) atoms. The molecular weight excluding hydrogens is 210 g/mol. The molecule has 0 bridgehead atoms. The standard InChI is InChI=1S/C15H29NO/c1-2-3-4-13-5-7-14(8-6-13)9-16-10-15(11-16)12-17/h13-15,17H,2-12H2,1H3. The predicted octanol–water partition coefficient (Wildman–Crippen LogP) is 2.91. The van der Waals surface area contributed by atoms with Gasteiger partial charge in [0.15, 0.2) is 0 Å². The molecule has 0 amide bonds. The second-order valence-corrected chi connectivity index (χ2v) is 6.30. The van der Waals surface area contributed by atoms with Crippen LogP contribution in [0.1, 0.15) is 51.9 Å². The predicted molar refractivity (Wildman–Crippen MR) is 72.0 cm³/mol. The zero-order chi connectivity index (χ0) is 12.1. The molecule has 2 rings (SSSR count). The highest BCUT2D eigenvalue weighted by Gasteiger charge is 2.29. The van der Waals surface area contributed by atoms with E-state index < -0.39 is 0 Å². The maximum absolute atomic E-state index is 9.00. The Bertz CT molecular complexity index is 205. The van der Waals surface area contributed by atoms with Crippen molar-refractivity contribution >= 4 is 0 Å². The van der Waals surface area contributed by atoms with Gasteiger partial charge in [0.25, 0.3) is 0 Å². The Morgan fingerprint density at radius 2 is 1.65 bits per heavy atom. The van der Waals surface area contributed by atoms with Crippen LogP contribution in [0.3, 0.4) is 0 Å². The van der Waals surface area contributed by atoms with Gasteiger partial charge >= 0.3 is 0 Å². The van der Waals surface area contributed by atoms with E-state index in [2.05, 4.69) is 11.8 Å². The highest BCUT2D eigenvalue weighted by atomic mass is 16.3. The number of rotatable bonds is 6. The summed E-state index contributed by atoms with van der Waals surface area (Å²) in [6.07, 6.45) is 10.1. The van der Waals surface area contributed by atoms with Crippen molar-refractivity contribution in [1.29, 1.82) is 0 Å². The number of aliphatic hydroxyl groups is 1. The highest BCUT2D eigenvalue weighted by molar-refractivity contribution is 4.82. The maximum Gasteiger partial charge on any atom is 0.0483 e. The molecule has 0 radical (unpaired) electrons. The lowest BCUT2D eigenvalue weighted by Gasteiger charge is -2.41. The summed E-state index contributed by atoms with van der Waals surface area (Å²) < 4.78 is 0. The van der Waals surface area contributed by atoms with Crippen molar-refractivity contribution in [3.05, 3.63) is 0 Å². The lowest BCUT2D eigenvalue weighted by atomic mass is 9.79. The van der Waals surface area contributed by atoms with Gasteiger partial charge in [-0.25, -0.2) is 0 Å². The Morgan fingerprint density at radius 1 is 1.00 bits per heavy atom. The molecule has 1 saturated carbocycles. The van der Waals surface area contributed by atoms with Crippen molar-refractivity contribution in [1.82, 2.24) is 4.90 Å². The molecule has 1 saturated heterocycles. The van der Waals surface area contributed by atoms with Crippen LogP contribution in [-0.4, -0.2) is 36.2 Å². The number of aliphatic hydroxyl groups excluding tert-OH is 1. The third kappa shape index (κ3) is 3.96. The minimum Gasteiger partial charge on any atom is -0.396 e. The molecule has 0 atom stereocenters. The van der Waals surface area contributed by atoms with E-state index in [0.29, 0.717) is 12.5 Å². The van der Waals surface area contributed by atoms with Crippen molar-refractivity contribution in [2.24, 2.45) is 17.8 Å². The van der Waals surface area contributed by atoms with Gasteiger partial charge in [0.2, 0.25) is 0 Å². The van der Waals surface area contributed by atoms with Crippen molar-refractivity contribution in [3.63, 3.8) is 0 Å². The van der Waals surface area contributed by atoms with Crippen LogP contribution >= 0.6 is 0 Å². The summed E-state index contributed by atoms with van der Waals surface area (Å²) in [5, 5.41) is 9.00. The molecule has 1 N–H and O–H groups in total. The van der Waals surface area contributed by atoms with Crippen LogP contribution in [0, 0.1) is 17.8 Å². The number of unbranched alkanes of at least 4 members (excludes halogenated alkanes) is 1. The molecule has 2 heteroatoms. The van der Waals surface area contributed by atoms with E-state index in [1.807, 2.05) is 0 Å². The third-order valence-corrected chi connectivity index (χ3v) is 4.74. The molecule has 0 aromatic heterocycles. The number of hydrogen-bond donors (Lipinski definition) is 1. The van der Waals surface area contributed by atoms with Gasteiger partial charge in [-0.3, -0.25) is 0 Å². The monoisotopic (exact) mass is 239 g/mol. The van der Waals surface area contributed by atoms with Crippen molar-refractivity contribution in [3.8, 4) is 0 Å². The van der Waals surface area contributed by atoms with E-state index in [1.54, 1.807) is 0 Å². The van der Waals surface area contributed by atoms with E-state index in [-0.39, 0.29) is 0 Å². The van der Waals surface area contributed by atoms with Crippen molar-refractivity contribution < 1.29 is 5.11 Å². The molecule has 0 aromatic rings. The smallest absolute Gasteiger partial charge is 0.0483 e.